The summed E-state index contributed by atoms with van der Waals surface area (Å²) in [6.07, 6.45) is 0. The summed E-state index contributed by atoms with van der Waals surface area (Å²) < 4.78 is 1.18. The SMILES string of the molecule is Cc1nnc(NC(=O)Cn2nc(N3CCSCC3)ccc2=O)s1. The molecule has 1 N–H and O–H groups in total. The molecule has 2 aromatic heterocycles. The Kier molecular flexibility index (Phi) is 4.91. The van der Waals surface area contributed by atoms with Gasteiger partial charge in [-0.1, -0.05) is 11.3 Å². The number of carbonyl (C=O) groups excluding carboxylic acids is 1. The fourth-order valence-corrected chi connectivity index (χ4v) is 3.67. The molecule has 1 amide bonds. The maximum absolute atomic E-state index is 12.0. The first-order chi connectivity index (χ1) is 11.1. The lowest BCUT2D eigenvalue weighted by molar-refractivity contribution is -0.117. The summed E-state index contributed by atoms with van der Waals surface area (Å²) in [6.45, 7) is 3.45. The Morgan fingerprint density at radius 1 is 1.30 bits per heavy atom. The van der Waals surface area contributed by atoms with Gasteiger partial charge in [-0.2, -0.15) is 16.9 Å². The zero-order valence-corrected chi connectivity index (χ0v) is 14.2. The number of aryl methyl sites for hydroxylation is 1. The van der Waals surface area contributed by atoms with Crippen LogP contribution in [0.3, 0.4) is 0 Å². The summed E-state index contributed by atoms with van der Waals surface area (Å²) in [7, 11) is 0. The molecule has 0 saturated carbocycles. The molecular formula is C13H16N6O2S2. The van der Waals surface area contributed by atoms with E-state index in [9.17, 15) is 9.59 Å². The molecule has 8 nitrogen and oxygen atoms in total. The van der Waals surface area contributed by atoms with Gasteiger partial charge in [0, 0.05) is 30.7 Å². The van der Waals surface area contributed by atoms with Crippen molar-refractivity contribution in [3.63, 3.8) is 0 Å². The van der Waals surface area contributed by atoms with Crippen LogP contribution < -0.4 is 15.8 Å². The van der Waals surface area contributed by atoms with Crippen LogP contribution in [0.5, 0.6) is 0 Å². The summed E-state index contributed by atoms with van der Waals surface area (Å²) in [5.41, 5.74) is -0.302. The molecule has 1 aliphatic heterocycles. The van der Waals surface area contributed by atoms with E-state index < -0.39 is 0 Å². The van der Waals surface area contributed by atoms with Gasteiger partial charge in [0.1, 0.15) is 17.4 Å². The van der Waals surface area contributed by atoms with Crippen LogP contribution in [-0.2, 0) is 11.3 Å². The third-order valence-corrected chi connectivity index (χ3v) is 4.95. The van der Waals surface area contributed by atoms with Gasteiger partial charge < -0.3 is 4.90 Å². The Hall–Kier alpha value is -1.94. The van der Waals surface area contributed by atoms with Crippen LogP contribution in [0.2, 0.25) is 0 Å². The molecule has 3 rings (SSSR count). The number of hydrogen-bond donors (Lipinski definition) is 1. The summed E-state index contributed by atoms with van der Waals surface area (Å²) >= 11 is 3.18. The highest BCUT2D eigenvalue weighted by atomic mass is 32.2. The Morgan fingerprint density at radius 3 is 2.78 bits per heavy atom. The Balaban J connectivity index is 1.71. The van der Waals surface area contributed by atoms with Gasteiger partial charge in [0.25, 0.3) is 5.56 Å². The first-order valence-electron chi connectivity index (χ1n) is 7.12. The molecule has 0 aromatic carbocycles. The van der Waals surface area contributed by atoms with Gasteiger partial charge >= 0.3 is 0 Å². The first kappa shape index (κ1) is 15.9. The number of rotatable bonds is 4. The normalized spacial score (nSPS) is 14.7. The molecule has 122 valence electrons. The molecule has 0 unspecified atom stereocenters. The number of aromatic nitrogens is 4. The van der Waals surface area contributed by atoms with Crippen molar-refractivity contribution in [3.8, 4) is 0 Å². The van der Waals surface area contributed by atoms with Gasteiger partial charge in [-0.3, -0.25) is 14.9 Å². The van der Waals surface area contributed by atoms with Crippen LogP contribution in [0.15, 0.2) is 16.9 Å². The van der Waals surface area contributed by atoms with E-state index in [0.717, 1.165) is 35.4 Å². The van der Waals surface area contributed by atoms with Crippen LogP contribution in [-0.4, -0.2) is 50.5 Å². The molecule has 0 radical (unpaired) electrons. The van der Waals surface area contributed by atoms with Crippen molar-refractivity contribution < 1.29 is 4.79 Å². The van der Waals surface area contributed by atoms with Crippen molar-refractivity contribution in [2.75, 3.05) is 34.8 Å². The number of amides is 1. The van der Waals surface area contributed by atoms with Crippen LogP contribution in [0, 0.1) is 6.92 Å². The zero-order chi connectivity index (χ0) is 16.2. The highest BCUT2D eigenvalue weighted by Crippen LogP contribution is 2.16. The average molecular weight is 352 g/mol. The molecule has 1 fully saturated rings. The van der Waals surface area contributed by atoms with Gasteiger partial charge in [-0.25, -0.2) is 4.68 Å². The second-order valence-electron chi connectivity index (χ2n) is 4.96. The molecule has 0 atom stereocenters. The predicted molar refractivity (Wildman–Crippen MR) is 91.3 cm³/mol. The van der Waals surface area contributed by atoms with E-state index in [2.05, 4.69) is 25.5 Å². The molecule has 0 spiro atoms. The third-order valence-electron chi connectivity index (χ3n) is 3.25. The topological polar surface area (TPSA) is 93.0 Å². The third kappa shape index (κ3) is 4.08. The number of anilines is 2. The number of hydrogen-bond acceptors (Lipinski definition) is 8. The summed E-state index contributed by atoms with van der Waals surface area (Å²) in [6, 6.07) is 3.16. The molecule has 0 aliphatic carbocycles. The monoisotopic (exact) mass is 352 g/mol. The molecule has 23 heavy (non-hydrogen) atoms. The smallest absolute Gasteiger partial charge is 0.267 e. The van der Waals surface area contributed by atoms with E-state index in [1.165, 1.54) is 22.1 Å². The van der Waals surface area contributed by atoms with Crippen molar-refractivity contribution >= 4 is 40.0 Å². The van der Waals surface area contributed by atoms with E-state index in [-0.39, 0.29) is 18.0 Å². The second kappa shape index (κ2) is 7.09. The molecule has 0 bridgehead atoms. The minimum absolute atomic E-state index is 0.145. The van der Waals surface area contributed by atoms with Crippen molar-refractivity contribution in [1.82, 2.24) is 20.0 Å². The van der Waals surface area contributed by atoms with Gasteiger partial charge in [-0.05, 0) is 13.0 Å². The maximum atomic E-state index is 12.0. The number of thioether (sulfide) groups is 1. The molecule has 2 aromatic rings. The van der Waals surface area contributed by atoms with E-state index in [1.54, 1.807) is 13.0 Å². The summed E-state index contributed by atoms with van der Waals surface area (Å²) in [5.74, 6) is 2.46. The lowest BCUT2D eigenvalue weighted by Gasteiger charge is -2.27. The van der Waals surface area contributed by atoms with E-state index in [0.29, 0.717) is 5.13 Å². The van der Waals surface area contributed by atoms with Crippen molar-refractivity contribution in [1.29, 1.82) is 0 Å². The minimum atomic E-state index is -0.345. The fourth-order valence-electron chi connectivity index (χ4n) is 2.15. The number of nitrogens with zero attached hydrogens (tertiary/aromatic N) is 5. The second-order valence-corrected chi connectivity index (χ2v) is 7.37. The van der Waals surface area contributed by atoms with Crippen LogP contribution in [0.1, 0.15) is 5.01 Å². The molecule has 3 heterocycles. The first-order valence-corrected chi connectivity index (χ1v) is 9.10. The van der Waals surface area contributed by atoms with Crippen molar-refractivity contribution in [3.05, 3.63) is 27.5 Å². The largest absolute Gasteiger partial charge is 0.354 e. The fraction of sp³-hybridized carbons (Fsp3) is 0.462. The lowest BCUT2D eigenvalue weighted by Crippen LogP contribution is -2.36. The number of nitrogens with one attached hydrogen (secondary N) is 1. The van der Waals surface area contributed by atoms with Crippen molar-refractivity contribution in [2.45, 2.75) is 13.5 Å². The van der Waals surface area contributed by atoms with E-state index >= 15 is 0 Å². The maximum Gasteiger partial charge on any atom is 0.267 e. The predicted octanol–water partition coefficient (Wildman–Crippen LogP) is 0.595. The lowest BCUT2D eigenvalue weighted by atomic mass is 10.4. The Labute approximate surface area is 140 Å². The Bertz CT molecular complexity index is 753. The minimum Gasteiger partial charge on any atom is -0.354 e. The van der Waals surface area contributed by atoms with Gasteiger partial charge in [0.2, 0.25) is 11.0 Å². The quantitative estimate of drug-likeness (QED) is 0.861. The highest BCUT2D eigenvalue weighted by molar-refractivity contribution is 7.99. The summed E-state index contributed by atoms with van der Waals surface area (Å²) in [4.78, 5) is 26.1. The van der Waals surface area contributed by atoms with Crippen molar-refractivity contribution in [2.24, 2.45) is 0 Å². The molecule has 1 aliphatic rings. The number of carbonyl (C=O) groups is 1. The van der Waals surface area contributed by atoms with Crippen LogP contribution in [0.4, 0.5) is 10.9 Å². The standard InChI is InChI=1S/C13H16N6O2S2/c1-9-15-16-13(23-9)14-11(20)8-19-12(21)3-2-10(17-19)18-4-6-22-7-5-18/h2-3H,4-8H2,1H3,(H,14,16,20). The van der Waals surface area contributed by atoms with Gasteiger partial charge in [-0.15, -0.1) is 10.2 Å². The summed E-state index contributed by atoms with van der Waals surface area (Å²) in [5, 5.41) is 15.8. The van der Waals surface area contributed by atoms with E-state index in [1.807, 2.05) is 11.8 Å². The molecule has 10 heteroatoms. The molecular weight excluding hydrogens is 336 g/mol. The average Bonchev–Trinajstić information content (AvgIpc) is 2.95. The molecule has 1 saturated heterocycles. The zero-order valence-electron chi connectivity index (χ0n) is 12.6. The van der Waals surface area contributed by atoms with Gasteiger partial charge in [0.15, 0.2) is 0 Å². The van der Waals surface area contributed by atoms with Gasteiger partial charge in [0.05, 0.1) is 0 Å². The highest BCUT2D eigenvalue weighted by Gasteiger charge is 2.15. The van der Waals surface area contributed by atoms with Crippen LogP contribution >= 0.6 is 23.1 Å². The van der Waals surface area contributed by atoms with E-state index in [4.69, 9.17) is 0 Å². The Morgan fingerprint density at radius 2 is 2.09 bits per heavy atom. The van der Waals surface area contributed by atoms with Crippen LogP contribution in [0.25, 0.3) is 0 Å².